The van der Waals surface area contributed by atoms with Crippen LogP contribution in [0.1, 0.15) is 33.1 Å². The maximum absolute atomic E-state index is 12.3. The maximum Gasteiger partial charge on any atom is 0.175 e. The molecule has 0 amide bonds. The number of Topliss-reactive ketones (excluding diaryl/α,β-unsaturated/α-hetero) is 2. The van der Waals surface area contributed by atoms with Gasteiger partial charge in [-0.05, 0) is 19.5 Å². The first kappa shape index (κ1) is 15.8. The summed E-state index contributed by atoms with van der Waals surface area (Å²) in [4.78, 5) is 24.6. The van der Waals surface area contributed by atoms with Crippen molar-refractivity contribution in [2.24, 2.45) is 0 Å². The molecule has 0 saturated carbocycles. The van der Waals surface area contributed by atoms with Gasteiger partial charge in [0.05, 0.1) is 7.59 Å². The van der Waals surface area contributed by atoms with Crippen molar-refractivity contribution in [1.29, 1.82) is 0 Å². The average molecular weight is 287 g/mol. The maximum atomic E-state index is 12.3. The first-order valence-corrected chi connectivity index (χ1v) is 14.0. The molecular weight excluding hydrogens is 260 g/mol. The molecule has 104 valence electrons. The first-order chi connectivity index (χ1) is 8.13. The minimum Gasteiger partial charge on any atom is -0.402 e. The summed E-state index contributed by atoms with van der Waals surface area (Å²) in [7, 11) is -3.33. The van der Waals surface area contributed by atoms with Crippen molar-refractivity contribution in [3.8, 4) is 0 Å². The van der Waals surface area contributed by atoms with Crippen LogP contribution in [0, 0.1) is 0 Å². The Morgan fingerprint density at radius 3 is 1.83 bits per heavy atom. The van der Waals surface area contributed by atoms with Crippen LogP contribution >= 0.6 is 0 Å². The highest BCUT2D eigenvalue weighted by atomic mass is 29.3. The Hall–Kier alpha value is -0.266. The van der Waals surface area contributed by atoms with E-state index in [-0.39, 0.29) is 11.6 Å². The number of ketones is 2. The molecule has 0 aromatic rings. The third-order valence-corrected chi connectivity index (χ3v) is 21.2. The Morgan fingerprint density at radius 1 is 1.06 bits per heavy atom. The van der Waals surface area contributed by atoms with E-state index in [1.54, 1.807) is 0 Å². The highest BCUT2D eigenvalue weighted by Crippen LogP contribution is 2.41. The lowest BCUT2D eigenvalue weighted by atomic mass is 9.87. The Balaban J connectivity index is 3.17. The molecule has 0 N–H and O–H groups in total. The van der Waals surface area contributed by atoms with Crippen molar-refractivity contribution in [3.63, 3.8) is 0 Å². The second kappa shape index (κ2) is 5.02. The number of rotatable bonds is 4. The van der Waals surface area contributed by atoms with Crippen LogP contribution in [0.2, 0.25) is 32.2 Å². The monoisotopic (exact) mass is 286 g/mol. The fourth-order valence-corrected chi connectivity index (χ4v) is 9.12. The van der Waals surface area contributed by atoms with Crippen LogP contribution in [0.15, 0.2) is 0 Å². The average Bonchev–Trinajstić information content (AvgIpc) is 2.30. The predicted molar refractivity (Wildman–Crippen MR) is 78.8 cm³/mol. The Labute approximate surface area is 112 Å². The molecule has 0 aromatic heterocycles. The summed E-state index contributed by atoms with van der Waals surface area (Å²) in [6.07, 6.45) is 1.39. The van der Waals surface area contributed by atoms with Gasteiger partial charge in [0.25, 0.3) is 0 Å². The molecular formula is C13H26O3Si2. The van der Waals surface area contributed by atoms with Gasteiger partial charge in [-0.15, -0.1) is 0 Å². The largest absolute Gasteiger partial charge is 0.402 e. The van der Waals surface area contributed by atoms with Crippen molar-refractivity contribution < 1.29 is 14.0 Å². The van der Waals surface area contributed by atoms with E-state index in [0.717, 1.165) is 6.04 Å². The molecule has 5 heteroatoms. The normalized spacial score (nSPS) is 24.6. The van der Waals surface area contributed by atoms with Gasteiger partial charge < -0.3 is 4.43 Å². The Kier molecular flexibility index (Phi) is 4.40. The summed E-state index contributed by atoms with van der Waals surface area (Å²) in [6, 6.07) is 1.03. The lowest BCUT2D eigenvalue weighted by Gasteiger charge is -2.50. The fraction of sp³-hybridized carbons (Fsp3) is 0.846. The fourth-order valence-electron chi connectivity index (χ4n) is 2.53. The smallest absolute Gasteiger partial charge is 0.175 e. The van der Waals surface area contributed by atoms with E-state index >= 15 is 0 Å². The van der Waals surface area contributed by atoms with E-state index in [1.807, 2.05) is 13.8 Å². The van der Waals surface area contributed by atoms with Gasteiger partial charge in [-0.25, -0.2) is 0 Å². The number of carbonyl (C=O) groups excluding carboxylic acids is 2. The highest BCUT2D eigenvalue weighted by molar-refractivity contribution is 7.38. The van der Waals surface area contributed by atoms with Crippen molar-refractivity contribution in [1.82, 2.24) is 0 Å². The van der Waals surface area contributed by atoms with Gasteiger partial charge in [0, 0.05) is 12.8 Å². The number of carbonyl (C=O) groups is 2. The predicted octanol–water partition coefficient (Wildman–Crippen LogP) is 3.10. The van der Waals surface area contributed by atoms with Crippen LogP contribution < -0.4 is 0 Å². The first-order valence-electron chi connectivity index (χ1n) is 6.89. The zero-order valence-electron chi connectivity index (χ0n) is 12.6. The topological polar surface area (TPSA) is 43.4 Å². The summed E-state index contributed by atoms with van der Waals surface area (Å²) in [5, 5.41) is 0. The van der Waals surface area contributed by atoms with Crippen molar-refractivity contribution in [3.05, 3.63) is 0 Å². The van der Waals surface area contributed by atoms with E-state index in [4.69, 9.17) is 4.43 Å². The second-order valence-electron chi connectivity index (χ2n) is 6.38. The molecule has 0 aromatic carbocycles. The minimum absolute atomic E-state index is 0.0144. The summed E-state index contributed by atoms with van der Waals surface area (Å²) in [5.74, 6) is -0.0288. The van der Waals surface area contributed by atoms with Gasteiger partial charge in [-0.2, -0.15) is 0 Å². The van der Waals surface area contributed by atoms with Crippen LogP contribution in [0.5, 0.6) is 0 Å². The van der Waals surface area contributed by atoms with E-state index < -0.39 is 21.0 Å². The zero-order valence-corrected chi connectivity index (χ0v) is 14.6. The molecule has 3 nitrogen and oxygen atoms in total. The van der Waals surface area contributed by atoms with E-state index in [2.05, 4.69) is 26.2 Å². The molecule has 1 rings (SSSR count). The lowest BCUT2D eigenvalue weighted by molar-refractivity contribution is -0.149. The molecule has 1 heterocycles. The van der Waals surface area contributed by atoms with Gasteiger partial charge in [-0.1, -0.05) is 33.0 Å². The molecule has 1 aliphatic rings. The second-order valence-corrected chi connectivity index (χ2v) is 21.5. The van der Waals surface area contributed by atoms with Crippen molar-refractivity contribution in [2.75, 3.05) is 0 Å². The number of hydrogen-bond acceptors (Lipinski definition) is 3. The molecule has 0 aliphatic carbocycles. The van der Waals surface area contributed by atoms with E-state index in [9.17, 15) is 9.59 Å². The Morgan fingerprint density at radius 2 is 1.50 bits per heavy atom. The summed E-state index contributed by atoms with van der Waals surface area (Å²) in [5.41, 5.74) is -1.10. The minimum atomic E-state index is -1.91. The summed E-state index contributed by atoms with van der Waals surface area (Å²) < 4.78 is 6.28. The van der Waals surface area contributed by atoms with Gasteiger partial charge in [-0.3, -0.25) is 9.59 Å². The highest BCUT2D eigenvalue weighted by Gasteiger charge is 2.57. The molecule has 1 aliphatic heterocycles. The molecule has 0 spiro atoms. The third kappa shape index (κ3) is 2.40. The van der Waals surface area contributed by atoms with Crippen LogP contribution in [0.4, 0.5) is 0 Å². The third-order valence-electron chi connectivity index (χ3n) is 4.70. The molecule has 0 unspecified atom stereocenters. The molecule has 1 fully saturated rings. The van der Waals surface area contributed by atoms with Gasteiger partial charge >= 0.3 is 0 Å². The SMILES string of the molecule is CCC(=O)C1(C(=O)CC)CC[Si](C)(C)[Si](C)(C)O1. The van der Waals surface area contributed by atoms with Gasteiger partial charge in [0.15, 0.2) is 25.0 Å². The van der Waals surface area contributed by atoms with Crippen molar-refractivity contribution in [2.45, 2.75) is 70.9 Å². The summed E-state index contributed by atoms with van der Waals surface area (Å²) >= 11 is 0. The van der Waals surface area contributed by atoms with Crippen LogP contribution in [-0.2, 0) is 14.0 Å². The zero-order chi connectivity index (χ0) is 14.2. The molecule has 1 saturated heterocycles. The van der Waals surface area contributed by atoms with E-state index in [0.29, 0.717) is 19.3 Å². The van der Waals surface area contributed by atoms with E-state index in [1.165, 1.54) is 0 Å². The molecule has 0 radical (unpaired) electrons. The van der Waals surface area contributed by atoms with Crippen molar-refractivity contribution >= 4 is 27.0 Å². The van der Waals surface area contributed by atoms with Crippen LogP contribution in [0.3, 0.4) is 0 Å². The van der Waals surface area contributed by atoms with Crippen LogP contribution in [-0.4, -0.2) is 32.6 Å². The van der Waals surface area contributed by atoms with Gasteiger partial charge in [0.1, 0.15) is 0 Å². The van der Waals surface area contributed by atoms with Gasteiger partial charge in [0.2, 0.25) is 0 Å². The summed E-state index contributed by atoms with van der Waals surface area (Å²) in [6.45, 7) is 12.7. The standard InChI is InChI=1S/C13H26O3Si2/c1-7-11(14)13(12(15)8-2)9-10-17(3,4)18(5,6)16-13/h7-10H2,1-6H3. The van der Waals surface area contributed by atoms with Crippen LogP contribution in [0.25, 0.3) is 0 Å². The quantitative estimate of drug-likeness (QED) is 0.589. The molecule has 18 heavy (non-hydrogen) atoms. The molecule has 0 bridgehead atoms. The number of hydrogen-bond donors (Lipinski definition) is 0. The molecule has 0 atom stereocenters. The Bertz CT molecular complexity index is 345. The lowest BCUT2D eigenvalue weighted by Crippen LogP contribution is -2.69.